The first-order valence-electron chi connectivity index (χ1n) is 5.28. The van der Waals surface area contributed by atoms with Crippen molar-refractivity contribution in [1.29, 1.82) is 0 Å². The Balaban J connectivity index is 2.61. The Hall–Kier alpha value is -1.59. The summed E-state index contributed by atoms with van der Waals surface area (Å²) in [4.78, 5) is 11.8. The van der Waals surface area contributed by atoms with Crippen molar-refractivity contribution in [2.24, 2.45) is 0 Å². The molecule has 17 heavy (non-hydrogen) atoms. The molecule has 0 radical (unpaired) electrons. The van der Waals surface area contributed by atoms with E-state index in [9.17, 15) is 4.79 Å². The van der Waals surface area contributed by atoms with Crippen molar-refractivity contribution in [3.05, 3.63) is 29.3 Å². The fraction of sp³-hybridized carbons (Fsp3) is 0.417. The van der Waals surface area contributed by atoms with Crippen LogP contribution in [0.1, 0.15) is 15.9 Å². The molecule has 0 saturated carbocycles. The highest BCUT2D eigenvalue weighted by molar-refractivity contribution is 5.94. The summed E-state index contributed by atoms with van der Waals surface area (Å²) in [5.74, 6) is -0.174. The van der Waals surface area contributed by atoms with Crippen LogP contribution in [0.15, 0.2) is 18.2 Å². The van der Waals surface area contributed by atoms with Crippen molar-refractivity contribution in [2.45, 2.75) is 13.2 Å². The average Bonchev–Trinajstić information content (AvgIpc) is 2.33. The number of benzene rings is 1. The van der Waals surface area contributed by atoms with Gasteiger partial charge in [-0.3, -0.25) is 4.79 Å². The summed E-state index contributed by atoms with van der Waals surface area (Å²) in [7, 11) is 3.04. The smallest absolute Gasteiger partial charge is 0.251 e. The first kappa shape index (κ1) is 13.5. The van der Waals surface area contributed by atoms with Gasteiger partial charge in [0.1, 0.15) is 0 Å². The fourth-order valence-corrected chi connectivity index (χ4v) is 1.36. The SMILES string of the molecule is COC(CNC(=O)c1ccc(N)c(C)c1)OC. The largest absolute Gasteiger partial charge is 0.399 e. The van der Waals surface area contributed by atoms with Crippen molar-refractivity contribution < 1.29 is 14.3 Å². The van der Waals surface area contributed by atoms with Gasteiger partial charge in [0.05, 0.1) is 6.54 Å². The number of carbonyl (C=O) groups is 1. The summed E-state index contributed by atoms with van der Waals surface area (Å²) in [5.41, 5.74) is 7.81. The second-order valence-electron chi connectivity index (χ2n) is 3.68. The fourth-order valence-electron chi connectivity index (χ4n) is 1.36. The Kier molecular flexibility index (Phi) is 4.93. The minimum atomic E-state index is -0.436. The van der Waals surface area contributed by atoms with Crippen LogP contribution in [0, 0.1) is 6.92 Å². The Morgan fingerprint density at radius 3 is 2.59 bits per heavy atom. The number of methoxy groups -OCH3 is 2. The van der Waals surface area contributed by atoms with Gasteiger partial charge in [-0.15, -0.1) is 0 Å². The first-order chi connectivity index (χ1) is 8.08. The molecule has 0 unspecified atom stereocenters. The highest BCUT2D eigenvalue weighted by atomic mass is 16.7. The number of amides is 1. The lowest BCUT2D eigenvalue weighted by atomic mass is 10.1. The van der Waals surface area contributed by atoms with E-state index in [-0.39, 0.29) is 5.91 Å². The van der Waals surface area contributed by atoms with Crippen LogP contribution in [0.2, 0.25) is 0 Å². The Labute approximate surface area is 101 Å². The monoisotopic (exact) mass is 238 g/mol. The molecule has 0 saturated heterocycles. The molecule has 5 nitrogen and oxygen atoms in total. The Morgan fingerprint density at radius 2 is 2.06 bits per heavy atom. The van der Waals surface area contributed by atoms with Crippen molar-refractivity contribution in [3.8, 4) is 0 Å². The third kappa shape index (κ3) is 3.72. The number of hydrogen-bond donors (Lipinski definition) is 2. The summed E-state index contributed by atoms with van der Waals surface area (Å²) in [6, 6.07) is 5.15. The minimum absolute atomic E-state index is 0.174. The molecule has 1 aromatic carbocycles. The van der Waals surface area contributed by atoms with E-state index in [1.807, 2.05) is 6.92 Å². The van der Waals surface area contributed by atoms with Crippen LogP contribution < -0.4 is 11.1 Å². The molecule has 0 aliphatic rings. The number of nitrogen functional groups attached to an aromatic ring is 1. The Bertz CT molecular complexity index is 389. The number of nitrogens with one attached hydrogen (secondary N) is 1. The van der Waals surface area contributed by atoms with E-state index in [0.29, 0.717) is 17.8 Å². The summed E-state index contributed by atoms with van der Waals surface area (Å²) in [6.45, 7) is 2.16. The predicted molar refractivity (Wildman–Crippen MR) is 65.7 cm³/mol. The lowest BCUT2D eigenvalue weighted by Gasteiger charge is -2.14. The molecule has 0 atom stereocenters. The van der Waals surface area contributed by atoms with Crippen molar-refractivity contribution >= 4 is 11.6 Å². The highest BCUT2D eigenvalue weighted by Crippen LogP contribution is 2.12. The third-order valence-corrected chi connectivity index (χ3v) is 2.49. The maximum atomic E-state index is 11.8. The number of nitrogens with two attached hydrogens (primary N) is 1. The molecule has 0 bridgehead atoms. The zero-order chi connectivity index (χ0) is 12.8. The Morgan fingerprint density at radius 1 is 1.41 bits per heavy atom. The lowest BCUT2D eigenvalue weighted by molar-refractivity contribution is -0.0974. The van der Waals surface area contributed by atoms with Gasteiger partial charge >= 0.3 is 0 Å². The van der Waals surface area contributed by atoms with E-state index in [2.05, 4.69) is 5.32 Å². The second kappa shape index (κ2) is 6.22. The third-order valence-electron chi connectivity index (χ3n) is 2.49. The van der Waals surface area contributed by atoms with Crippen LogP contribution in [0.3, 0.4) is 0 Å². The maximum Gasteiger partial charge on any atom is 0.251 e. The second-order valence-corrected chi connectivity index (χ2v) is 3.68. The molecular formula is C12H18N2O3. The lowest BCUT2D eigenvalue weighted by Crippen LogP contribution is -2.34. The number of rotatable bonds is 5. The average molecular weight is 238 g/mol. The van der Waals surface area contributed by atoms with Crippen LogP contribution in [0.25, 0.3) is 0 Å². The maximum absolute atomic E-state index is 11.8. The van der Waals surface area contributed by atoms with Gasteiger partial charge in [0.25, 0.3) is 5.91 Å². The molecule has 3 N–H and O–H groups in total. The topological polar surface area (TPSA) is 73.6 Å². The standard InChI is InChI=1S/C12H18N2O3/c1-8-6-9(4-5-10(8)13)12(15)14-7-11(16-2)17-3/h4-6,11H,7,13H2,1-3H3,(H,14,15). The van der Waals surface area contributed by atoms with E-state index >= 15 is 0 Å². The van der Waals surface area contributed by atoms with Gasteiger partial charge in [-0.25, -0.2) is 0 Å². The molecule has 1 amide bonds. The van der Waals surface area contributed by atoms with E-state index in [1.165, 1.54) is 14.2 Å². The number of aryl methyl sites for hydroxylation is 1. The van der Waals surface area contributed by atoms with Gasteiger partial charge in [0.15, 0.2) is 6.29 Å². The molecule has 0 fully saturated rings. The van der Waals surface area contributed by atoms with Gasteiger partial charge in [-0.05, 0) is 30.7 Å². The summed E-state index contributed by atoms with van der Waals surface area (Å²) in [5, 5.41) is 2.72. The van der Waals surface area contributed by atoms with E-state index in [0.717, 1.165) is 5.56 Å². The predicted octanol–water partition coefficient (Wildman–Crippen LogP) is 0.926. The summed E-state index contributed by atoms with van der Waals surface area (Å²) in [6.07, 6.45) is -0.436. The molecular weight excluding hydrogens is 220 g/mol. The number of carbonyl (C=O) groups excluding carboxylic acids is 1. The van der Waals surface area contributed by atoms with Crippen LogP contribution >= 0.6 is 0 Å². The summed E-state index contributed by atoms with van der Waals surface area (Å²) < 4.78 is 9.94. The molecule has 94 valence electrons. The normalized spacial score (nSPS) is 10.6. The van der Waals surface area contributed by atoms with Gasteiger partial charge in [0.2, 0.25) is 0 Å². The van der Waals surface area contributed by atoms with Gasteiger partial charge in [0, 0.05) is 25.5 Å². The van der Waals surface area contributed by atoms with Crippen LogP contribution in [-0.4, -0.2) is 33.0 Å². The first-order valence-corrected chi connectivity index (χ1v) is 5.28. The zero-order valence-corrected chi connectivity index (χ0v) is 10.3. The van der Waals surface area contributed by atoms with Crippen molar-refractivity contribution in [2.75, 3.05) is 26.5 Å². The molecule has 0 aliphatic heterocycles. The van der Waals surface area contributed by atoms with Gasteiger partial charge in [-0.1, -0.05) is 0 Å². The number of ether oxygens (including phenoxy) is 2. The van der Waals surface area contributed by atoms with E-state index in [1.54, 1.807) is 18.2 Å². The van der Waals surface area contributed by atoms with Crippen molar-refractivity contribution in [1.82, 2.24) is 5.32 Å². The van der Waals surface area contributed by atoms with Crippen LogP contribution in [-0.2, 0) is 9.47 Å². The van der Waals surface area contributed by atoms with E-state index < -0.39 is 6.29 Å². The van der Waals surface area contributed by atoms with Gasteiger partial charge in [-0.2, -0.15) is 0 Å². The molecule has 0 aromatic heterocycles. The molecule has 0 aliphatic carbocycles. The molecule has 0 spiro atoms. The minimum Gasteiger partial charge on any atom is -0.399 e. The highest BCUT2D eigenvalue weighted by Gasteiger charge is 2.10. The van der Waals surface area contributed by atoms with Crippen molar-refractivity contribution in [3.63, 3.8) is 0 Å². The van der Waals surface area contributed by atoms with Crippen LogP contribution in [0.5, 0.6) is 0 Å². The summed E-state index contributed by atoms with van der Waals surface area (Å²) >= 11 is 0. The zero-order valence-electron chi connectivity index (χ0n) is 10.3. The molecule has 1 aromatic rings. The quantitative estimate of drug-likeness (QED) is 0.591. The van der Waals surface area contributed by atoms with Crippen LogP contribution in [0.4, 0.5) is 5.69 Å². The van der Waals surface area contributed by atoms with Gasteiger partial charge < -0.3 is 20.5 Å². The molecule has 0 heterocycles. The van der Waals surface area contributed by atoms with E-state index in [4.69, 9.17) is 15.2 Å². The molecule has 1 rings (SSSR count). The number of hydrogen-bond acceptors (Lipinski definition) is 4. The molecule has 5 heteroatoms. The number of anilines is 1.